The van der Waals surface area contributed by atoms with Crippen molar-refractivity contribution in [2.45, 2.75) is 58.0 Å². The number of carbonyl (C=O) groups excluding carboxylic acids is 1. The van der Waals surface area contributed by atoms with Gasteiger partial charge in [0, 0.05) is 12.6 Å². The third kappa shape index (κ3) is 4.07. The number of hydrogen-bond donors (Lipinski definition) is 1. The van der Waals surface area contributed by atoms with Gasteiger partial charge in [0.05, 0.1) is 6.54 Å². The molecule has 0 bridgehead atoms. The van der Waals surface area contributed by atoms with E-state index in [0.29, 0.717) is 12.6 Å². The summed E-state index contributed by atoms with van der Waals surface area (Å²) < 4.78 is 0. The van der Waals surface area contributed by atoms with Crippen molar-refractivity contribution in [3.8, 4) is 0 Å². The summed E-state index contributed by atoms with van der Waals surface area (Å²) in [7, 11) is 0. The van der Waals surface area contributed by atoms with Crippen LogP contribution < -0.4 is 5.73 Å². The maximum atomic E-state index is 12.2. The van der Waals surface area contributed by atoms with E-state index in [-0.39, 0.29) is 12.5 Å². The second kappa shape index (κ2) is 7.44. The van der Waals surface area contributed by atoms with E-state index < -0.39 is 0 Å². The Morgan fingerprint density at radius 2 is 1.75 bits per heavy atom. The van der Waals surface area contributed by atoms with Gasteiger partial charge in [-0.25, -0.2) is 0 Å². The summed E-state index contributed by atoms with van der Waals surface area (Å²) >= 11 is 0. The van der Waals surface area contributed by atoms with Crippen LogP contribution in [-0.4, -0.2) is 23.4 Å². The molecule has 1 fully saturated rings. The van der Waals surface area contributed by atoms with Gasteiger partial charge in [-0.1, -0.05) is 55.5 Å². The van der Waals surface area contributed by atoms with Crippen molar-refractivity contribution in [3.63, 3.8) is 0 Å². The lowest BCUT2D eigenvalue weighted by atomic mass is 10.0. The van der Waals surface area contributed by atoms with Crippen LogP contribution in [0, 0.1) is 6.92 Å². The minimum absolute atomic E-state index is 0.0810. The molecule has 3 nitrogen and oxygen atoms in total. The highest BCUT2D eigenvalue weighted by molar-refractivity contribution is 5.78. The highest BCUT2D eigenvalue weighted by Crippen LogP contribution is 2.23. The molecule has 0 unspecified atom stereocenters. The Balaban J connectivity index is 2.10. The average molecular weight is 274 g/mol. The molecule has 1 aliphatic carbocycles. The number of nitrogens with zero attached hydrogens (tertiary/aromatic N) is 1. The third-order valence-corrected chi connectivity index (χ3v) is 4.23. The Kier molecular flexibility index (Phi) is 5.60. The molecule has 0 saturated heterocycles. The standard InChI is InChI=1S/C17H26N2O/c1-14-8-10-15(11-9-14)13-19(17(20)12-18)16-6-4-2-3-5-7-16/h8-11,16H,2-7,12-13,18H2,1H3. The fourth-order valence-corrected chi connectivity index (χ4v) is 3.00. The van der Waals surface area contributed by atoms with E-state index in [4.69, 9.17) is 5.73 Å². The van der Waals surface area contributed by atoms with Crippen molar-refractivity contribution in [2.24, 2.45) is 5.73 Å². The second-order valence-electron chi connectivity index (χ2n) is 5.86. The van der Waals surface area contributed by atoms with Gasteiger partial charge < -0.3 is 10.6 Å². The summed E-state index contributed by atoms with van der Waals surface area (Å²) in [6, 6.07) is 8.81. The maximum absolute atomic E-state index is 12.2. The van der Waals surface area contributed by atoms with Crippen LogP contribution in [0.15, 0.2) is 24.3 Å². The molecule has 1 aromatic carbocycles. The zero-order chi connectivity index (χ0) is 14.4. The van der Waals surface area contributed by atoms with Gasteiger partial charge in [-0.05, 0) is 25.3 Å². The van der Waals surface area contributed by atoms with Crippen molar-refractivity contribution >= 4 is 5.91 Å². The van der Waals surface area contributed by atoms with Gasteiger partial charge in [0.1, 0.15) is 0 Å². The number of nitrogens with two attached hydrogens (primary N) is 1. The molecule has 0 heterocycles. The molecule has 3 heteroatoms. The van der Waals surface area contributed by atoms with E-state index in [0.717, 1.165) is 12.8 Å². The van der Waals surface area contributed by atoms with Gasteiger partial charge in [-0.3, -0.25) is 4.79 Å². The van der Waals surface area contributed by atoms with Crippen molar-refractivity contribution < 1.29 is 4.79 Å². The normalized spacial score (nSPS) is 16.7. The molecule has 110 valence electrons. The van der Waals surface area contributed by atoms with Crippen LogP contribution in [-0.2, 0) is 11.3 Å². The van der Waals surface area contributed by atoms with Crippen LogP contribution >= 0.6 is 0 Å². The highest BCUT2D eigenvalue weighted by Gasteiger charge is 2.23. The summed E-state index contributed by atoms with van der Waals surface area (Å²) in [6.07, 6.45) is 7.30. The van der Waals surface area contributed by atoms with Crippen molar-refractivity contribution in [3.05, 3.63) is 35.4 Å². The van der Waals surface area contributed by atoms with Gasteiger partial charge in [-0.2, -0.15) is 0 Å². The largest absolute Gasteiger partial charge is 0.334 e. The molecule has 20 heavy (non-hydrogen) atoms. The lowest BCUT2D eigenvalue weighted by molar-refractivity contribution is -0.133. The van der Waals surface area contributed by atoms with E-state index in [1.807, 2.05) is 4.90 Å². The van der Waals surface area contributed by atoms with E-state index >= 15 is 0 Å². The molecule has 1 aromatic rings. The lowest BCUT2D eigenvalue weighted by Crippen LogP contribution is -2.42. The summed E-state index contributed by atoms with van der Waals surface area (Å²) in [5.74, 6) is 0.0810. The number of carbonyl (C=O) groups is 1. The predicted octanol–water partition coefficient (Wildman–Crippen LogP) is 3.01. The molecule has 1 amide bonds. The van der Waals surface area contributed by atoms with Crippen LogP contribution in [0.5, 0.6) is 0 Å². The Hall–Kier alpha value is -1.35. The smallest absolute Gasteiger partial charge is 0.236 e. The Morgan fingerprint density at radius 3 is 2.30 bits per heavy atom. The topological polar surface area (TPSA) is 46.3 Å². The molecule has 2 rings (SSSR count). The molecule has 2 N–H and O–H groups in total. The van der Waals surface area contributed by atoms with Gasteiger partial charge in [0.25, 0.3) is 0 Å². The minimum Gasteiger partial charge on any atom is -0.334 e. The minimum atomic E-state index is 0.0810. The quantitative estimate of drug-likeness (QED) is 0.858. The van der Waals surface area contributed by atoms with Crippen LogP contribution in [0.1, 0.15) is 49.7 Å². The fraction of sp³-hybridized carbons (Fsp3) is 0.588. The van der Waals surface area contributed by atoms with E-state index in [1.54, 1.807) is 0 Å². The first-order valence-corrected chi connectivity index (χ1v) is 7.76. The average Bonchev–Trinajstić information content (AvgIpc) is 2.75. The molecule has 0 spiro atoms. The highest BCUT2D eigenvalue weighted by atomic mass is 16.2. The van der Waals surface area contributed by atoms with Gasteiger partial charge in [-0.15, -0.1) is 0 Å². The summed E-state index contributed by atoms with van der Waals surface area (Å²) in [5, 5.41) is 0. The Bertz CT molecular complexity index is 419. The van der Waals surface area contributed by atoms with Gasteiger partial charge in [0.15, 0.2) is 0 Å². The molecular weight excluding hydrogens is 248 g/mol. The number of aryl methyl sites for hydroxylation is 1. The zero-order valence-electron chi connectivity index (χ0n) is 12.5. The molecule has 0 radical (unpaired) electrons. The van der Waals surface area contributed by atoms with Crippen molar-refractivity contribution in [1.82, 2.24) is 4.90 Å². The Labute approximate surface area is 122 Å². The number of rotatable bonds is 4. The first-order valence-electron chi connectivity index (χ1n) is 7.76. The second-order valence-corrected chi connectivity index (χ2v) is 5.86. The predicted molar refractivity (Wildman–Crippen MR) is 82.3 cm³/mol. The maximum Gasteiger partial charge on any atom is 0.236 e. The molecule has 0 aromatic heterocycles. The molecule has 0 atom stereocenters. The molecule has 1 saturated carbocycles. The summed E-state index contributed by atoms with van der Waals surface area (Å²) in [5.41, 5.74) is 8.05. The summed E-state index contributed by atoms with van der Waals surface area (Å²) in [6.45, 7) is 2.89. The van der Waals surface area contributed by atoms with E-state index in [9.17, 15) is 4.79 Å². The first-order chi connectivity index (χ1) is 9.70. The SMILES string of the molecule is Cc1ccc(CN(C(=O)CN)C2CCCCCC2)cc1. The van der Waals surface area contributed by atoms with Crippen LogP contribution in [0.4, 0.5) is 0 Å². The van der Waals surface area contributed by atoms with Gasteiger partial charge in [0.2, 0.25) is 5.91 Å². The molecular formula is C17H26N2O. The summed E-state index contributed by atoms with van der Waals surface area (Å²) in [4.78, 5) is 14.2. The molecule has 0 aliphatic heterocycles. The number of benzene rings is 1. The van der Waals surface area contributed by atoms with Crippen molar-refractivity contribution in [2.75, 3.05) is 6.54 Å². The van der Waals surface area contributed by atoms with Crippen molar-refractivity contribution in [1.29, 1.82) is 0 Å². The zero-order valence-corrected chi connectivity index (χ0v) is 12.5. The van der Waals surface area contributed by atoms with Gasteiger partial charge >= 0.3 is 0 Å². The monoisotopic (exact) mass is 274 g/mol. The fourth-order valence-electron chi connectivity index (χ4n) is 3.00. The van der Waals surface area contributed by atoms with Crippen LogP contribution in [0.25, 0.3) is 0 Å². The number of hydrogen-bond acceptors (Lipinski definition) is 2. The van der Waals surface area contributed by atoms with E-state index in [1.165, 1.54) is 36.8 Å². The molecule has 1 aliphatic rings. The third-order valence-electron chi connectivity index (χ3n) is 4.23. The van der Waals surface area contributed by atoms with E-state index in [2.05, 4.69) is 31.2 Å². The van der Waals surface area contributed by atoms with Crippen LogP contribution in [0.2, 0.25) is 0 Å². The lowest BCUT2D eigenvalue weighted by Gasteiger charge is -2.31. The van der Waals surface area contributed by atoms with Crippen LogP contribution in [0.3, 0.4) is 0 Å². The Morgan fingerprint density at radius 1 is 1.15 bits per heavy atom. The first kappa shape index (κ1) is 15.0. The number of amides is 1.